The molecule has 1 saturated heterocycles. The van der Waals surface area contributed by atoms with Crippen LogP contribution in [-0.2, 0) is 4.79 Å². The van der Waals surface area contributed by atoms with Crippen molar-refractivity contribution >= 4 is 23.3 Å². The number of carboxylic acid groups (broad SMARTS) is 1. The molecule has 1 fully saturated rings. The fourth-order valence-corrected chi connectivity index (χ4v) is 2.56. The van der Waals surface area contributed by atoms with Crippen LogP contribution in [0.1, 0.15) is 23.2 Å². The van der Waals surface area contributed by atoms with E-state index in [2.05, 4.69) is 5.32 Å². The lowest BCUT2D eigenvalue weighted by Gasteiger charge is -2.33. The molecule has 0 saturated carbocycles. The molecule has 1 atom stereocenters. The number of rotatable bonds is 1. The average Bonchev–Trinajstić information content (AvgIpc) is 2.78. The number of amides is 1. The number of anilines is 2. The van der Waals surface area contributed by atoms with Crippen LogP contribution < -0.4 is 15.3 Å². The lowest BCUT2D eigenvalue weighted by molar-refractivity contribution is -0.255. The van der Waals surface area contributed by atoms with Gasteiger partial charge in [-0.3, -0.25) is 4.79 Å². The molecule has 1 N–H and O–H groups in total. The highest BCUT2D eigenvalue weighted by Crippen LogP contribution is 2.36. The molecule has 1 aromatic rings. The van der Waals surface area contributed by atoms with Crippen molar-refractivity contribution in [3.8, 4) is 0 Å². The van der Waals surface area contributed by atoms with Crippen molar-refractivity contribution in [2.75, 3.05) is 16.8 Å². The van der Waals surface area contributed by atoms with Crippen LogP contribution in [-0.4, -0.2) is 24.5 Å². The lowest BCUT2D eigenvalue weighted by Crippen LogP contribution is -2.44. The summed E-state index contributed by atoms with van der Waals surface area (Å²) in [4.78, 5) is 24.6. The molecule has 0 radical (unpaired) electrons. The Morgan fingerprint density at radius 3 is 3.06 bits per heavy atom. The van der Waals surface area contributed by atoms with Crippen LogP contribution in [0.15, 0.2) is 18.2 Å². The molecule has 1 amide bonds. The first-order valence-corrected chi connectivity index (χ1v) is 5.60. The van der Waals surface area contributed by atoms with E-state index >= 15 is 0 Å². The van der Waals surface area contributed by atoms with Gasteiger partial charge in [0.2, 0.25) is 5.91 Å². The topological polar surface area (TPSA) is 72.5 Å². The zero-order valence-corrected chi connectivity index (χ0v) is 9.10. The van der Waals surface area contributed by atoms with Gasteiger partial charge >= 0.3 is 0 Å². The van der Waals surface area contributed by atoms with E-state index in [9.17, 15) is 14.7 Å². The first kappa shape index (κ1) is 10.1. The van der Waals surface area contributed by atoms with Crippen LogP contribution in [0.25, 0.3) is 0 Å². The fraction of sp³-hybridized carbons (Fsp3) is 0.333. The normalized spacial score (nSPS) is 21.8. The largest absolute Gasteiger partial charge is 0.545 e. The summed E-state index contributed by atoms with van der Waals surface area (Å²) in [5, 5.41) is 13.5. The first-order valence-electron chi connectivity index (χ1n) is 5.60. The third-order valence-corrected chi connectivity index (χ3v) is 3.36. The zero-order chi connectivity index (χ0) is 12.0. The molecular formula is C12H11N2O3-. The monoisotopic (exact) mass is 231 g/mol. The van der Waals surface area contributed by atoms with Gasteiger partial charge in [0.25, 0.3) is 0 Å². The van der Waals surface area contributed by atoms with Gasteiger partial charge < -0.3 is 20.1 Å². The predicted molar refractivity (Wildman–Crippen MR) is 59.8 cm³/mol. The zero-order valence-electron chi connectivity index (χ0n) is 9.10. The number of carbonyl (C=O) groups excluding carboxylic acids is 2. The smallest absolute Gasteiger partial charge is 0.247 e. The highest BCUT2D eigenvalue weighted by molar-refractivity contribution is 6.05. The van der Waals surface area contributed by atoms with E-state index in [0.717, 1.165) is 25.1 Å². The highest BCUT2D eigenvalue weighted by Gasteiger charge is 2.36. The van der Waals surface area contributed by atoms with Gasteiger partial charge in [-0.05, 0) is 30.5 Å². The Morgan fingerprint density at radius 1 is 1.47 bits per heavy atom. The van der Waals surface area contributed by atoms with E-state index in [-0.39, 0.29) is 17.5 Å². The van der Waals surface area contributed by atoms with Crippen molar-refractivity contribution < 1.29 is 14.7 Å². The van der Waals surface area contributed by atoms with Crippen LogP contribution in [0, 0.1) is 0 Å². The Kier molecular flexibility index (Phi) is 2.07. The molecular weight excluding hydrogens is 220 g/mol. The molecule has 0 aromatic heterocycles. The van der Waals surface area contributed by atoms with Crippen molar-refractivity contribution in [1.29, 1.82) is 0 Å². The lowest BCUT2D eigenvalue weighted by atomic mass is 10.1. The van der Waals surface area contributed by atoms with E-state index in [4.69, 9.17) is 0 Å². The second-order valence-corrected chi connectivity index (χ2v) is 4.36. The summed E-state index contributed by atoms with van der Waals surface area (Å²) >= 11 is 0. The van der Waals surface area contributed by atoms with Crippen molar-refractivity contribution in [2.45, 2.75) is 18.9 Å². The average molecular weight is 231 g/mol. The Labute approximate surface area is 98.0 Å². The van der Waals surface area contributed by atoms with Gasteiger partial charge in [-0.1, -0.05) is 6.07 Å². The molecule has 1 aromatic carbocycles. The van der Waals surface area contributed by atoms with Crippen molar-refractivity contribution in [1.82, 2.24) is 0 Å². The van der Waals surface area contributed by atoms with Gasteiger partial charge in [-0.15, -0.1) is 0 Å². The molecule has 0 unspecified atom stereocenters. The Balaban J connectivity index is 2.07. The van der Waals surface area contributed by atoms with Crippen molar-refractivity contribution in [3.05, 3.63) is 23.8 Å². The van der Waals surface area contributed by atoms with E-state index in [1.54, 1.807) is 6.07 Å². The third kappa shape index (κ3) is 1.46. The molecule has 88 valence electrons. The molecule has 5 nitrogen and oxygen atoms in total. The molecule has 2 heterocycles. The number of benzene rings is 1. The molecule has 0 bridgehead atoms. The number of fused-ring (bicyclic) bond motifs is 3. The van der Waals surface area contributed by atoms with Crippen LogP contribution in [0.3, 0.4) is 0 Å². The second-order valence-electron chi connectivity index (χ2n) is 4.36. The fourth-order valence-electron chi connectivity index (χ4n) is 2.56. The van der Waals surface area contributed by atoms with Crippen LogP contribution >= 0.6 is 0 Å². The van der Waals surface area contributed by atoms with Crippen LogP contribution in [0.5, 0.6) is 0 Å². The second kappa shape index (κ2) is 3.48. The summed E-state index contributed by atoms with van der Waals surface area (Å²) in [6.45, 7) is 0.843. The summed E-state index contributed by atoms with van der Waals surface area (Å²) in [6, 6.07) is 4.60. The minimum Gasteiger partial charge on any atom is -0.545 e. The van der Waals surface area contributed by atoms with Gasteiger partial charge in [0, 0.05) is 6.54 Å². The standard InChI is InChI=1S/C12H12N2O3/c15-11-10-2-1-5-14(10)9-4-3-7(12(16)17)6-8(9)13-11/h3-4,6,10H,1-2,5H2,(H,13,15)(H,16,17)/p-1/t10-/m1/s1. The number of carboxylic acids is 1. The number of carbonyl (C=O) groups is 2. The number of aromatic carboxylic acids is 1. The maximum atomic E-state index is 11.8. The Hall–Kier alpha value is -2.04. The predicted octanol–water partition coefficient (Wildman–Crippen LogP) is -0.0290. The van der Waals surface area contributed by atoms with Crippen molar-refractivity contribution in [3.63, 3.8) is 0 Å². The highest BCUT2D eigenvalue weighted by atomic mass is 16.4. The summed E-state index contributed by atoms with van der Waals surface area (Å²) in [6.07, 6.45) is 1.84. The van der Waals surface area contributed by atoms with Gasteiger partial charge in [0.05, 0.1) is 17.3 Å². The minimum absolute atomic E-state index is 0.0505. The van der Waals surface area contributed by atoms with Crippen LogP contribution in [0.4, 0.5) is 11.4 Å². The molecule has 0 spiro atoms. The molecule has 2 aliphatic heterocycles. The van der Waals surface area contributed by atoms with E-state index in [1.807, 2.05) is 4.90 Å². The van der Waals surface area contributed by atoms with Crippen LogP contribution in [0.2, 0.25) is 0 Å². The van der Waals surface area contributed by atoms with Gasteiger partial charge in [-0.25, -0.2) is 0 Å². The molecule has 0 aliphatic carbocycles. The number of hydrogen-bond donors (Lipinski definition) is 1. The number of hydrogen-bond acceptors (Lipinski definition) is 4. The summed E-state index contributed by atoms with van der Waals surface area (Å²) in [7, 11) is 0. The Bertz CT molecular complexity index is 512. The number of nitrogens with one attached hydrogen (secondary N) is 1. The van der Waals surface area contributed by atoms with E-state index in [1.165, 1.54) is 12.1 Å². The first-order chi connectivity index (χ1) is 8.16. The summed E-state index contributed by atoms with van der Waals surface area (Å²) in [5.74, 6) is -1.28. The number of nitrogens with zero attached hydrogens (tertiary/aromatic N) is 1. The molecule has 5 heteroatoms. The molecule has 3 rings (SSSR count). The summed E-state index contributed by atoms with van der Waals surface area (Å²) in [5.41, 5.74) is 1.55. The van der Waals surface area contributed by atoms with Gasteiger partial charge in [-0.2, -0.15) is 0 Å². The van der Waals surface area contributed by atoms with Gasteiger partial charge in [0.15, 0.2) is 0 Å². The van der Waals surface area contributed by atoms with Crippen molar-refractivity contribution in [2.24, 2.45) is 0 Å². The Morgan fingerprint density at radius 2 is 2.29 bits per heavy atom. The van der Waals surface area contributed by atoms with E-state index in [0.29, 0.717) is 5.69 Å². The SMILES string of the molecule is O=C([O-])c1ccc2c(c1)NC(=O)[C@H]1CCCN21. The minimum atomic E-state index is -1.23. The molecule has 2 aliphatic rings. The molecule has 17 heavy (non-hydrogen) atoms. The van der Waals surface area contributed by atoms with E-state index < -0.39 is 5.97 Å². The third-order valence-electron chi connectivity index (χ3n) is 3.36. The van der Waals surface area contributed by atoms with Gasteiger partial charge in [0.1, 0.15) is 6.04 Å². The quantitative estimate of drug-likeness (QED) is 0.736. The maximum absolute atomic E-state index is 11.8. The summed E-state index contributed by atoms with van der Waals surface area (Å²) < 4.78 is 0. The maximum Gasteiger partial charge on any atom is 0.247 e.